The van der Waals surface area contributed by atoms with E-state index in [0.717, 1.165) is 16.2 Å². The molecular formula is C38H42F5N9O3. The lowest BCUT2D eigenvalue weighted by molar-refractivity contribution is -0.223. The van der Waals surface area contributed by atoms with Gasteiger partial charge in [0, 0.05) is 69.7 Å². The molecule has 4 aromatic rings. The largest absolute Gasteiger partial charge is 0.444 e. The number of nitrogens with one attached hydrogen (secondary N) is 2. The van der Waals surface area contributed by atoms with Crippen molar-refractivity contribution in [1.82, 2.24) is 34.7 Å². The van der Waals surface area contributed by atoms with Crippen LogP contribution >= 0.6 is 0 Å². The lowest BCUT2D eigenvalue weighted by atomic mass is 9.69. The van der Waals surface area contributed by atoms with Gasteiger partial charge in [0.15, 0.2) is 17.2 Å². The number of aromatic nitrogens is 4. The SMILES string of the molecule is CNc1cc(N2CCc3c(-c4ncc(CN5CC6(CCN(C(=O)OC(C)(C)C)CC6(F)F)C5)cc4F)cccc32)nn2c(C(=O)N[C@@H]3CCC3(F)F)cnc12. The molecule has 2 amide bonds. The van der Waals surface area contributed by atoms with Crippen LogP contribution in [-0.4, -0.2) is 105 Å². The van der Waals surface area contributed by atoms with E-state index in [2.05, 4.69) is 20.6 Å². The Labute approximate surface area is 314 Å². The van der Waals surface area contributed by atoms with Crippen molar-refractivity contribution in [3.8, 4) is 11.3 Å². The number of ether oxygens (including phenoxy) is 1. The van der Waals surface area contributed by atoms with Crippen molar-refractivity contribution >= 4 is 34.8 Å². The number of piperidine rings is 1. The van der Waals surface area contributed by atoms with Crippen LogP contribution in [0.5, 0.6) is 0 Å². The first-order chi connectivity index (χ1) is 26.0. The highest BCUT2D eigenvalue weighted by molar-refractivity contribution is 5.94. The van der Waals surface area contributed by atoms with Crippen molar-refractivity contribution in [2.45, 2.75) is 76.5 Å². The second-order valence-electron chi connectivity index (χ2n) is 16.0. The third-order valence-corrected chi connectivity index (χ3v) is 11.1. The van der Waals surface area contributed by atoms with E-state index in [0.29, 0.717) is 41.2 Å². The number of fused-ring (bicyclic) bond motifs is 2. The van der Waals surface area contributed by atoms with Gasteiger partial charge in [0.05, 0.1) is 29.9 Å². The zero-order chi connectivity index (χ0) is 39.1. The van der Waals surface area contributed by atoms with Gasteiger partial charge >= 0.3 is 6.09 Å². The molecule has 0 unspecified atom stereocenters. The zero-order valence-electron chi connectivity index (χ0n) is 30.9. The first-order valence-corrected chi connectivity index (χ1v) is 18.4. The minimum absolute atomic E-state index is 0.0151. The molecule has 17 heteroatoms. The highest BCUT2D eigenvalue weighted by Gasteiger charge is 2.63. The van der Waals surface area contributed by atoms with Gasteiger partial charge < -0.3 is 25.2 Å². The molecule has 55 heavy (non-hydrogen) atoms. The fourth-order valence-corrected chi connectivity index (χ4v) is 8.07. The van der Waals surface area contributed by atoms with Crippen molar-refractivity contribution < 1.29 is 36.3 Å². The number of carbonyl (C=O) groups is 2. The fraction of sp³-hybridized carbons (Fsp3) is 0.500. The van der Waals surface area contributed by atoms with E-state index in [9.17, 15) is 18.4 Å². The van der Waals surface area contributed by atoms with Gasteiger partial charge in [-0.3, -0.25) is 14.7 Å². The Morgan fingerprint density at radius 2 is 1.80 bits per heavy atom. The number of likely N-dealkylation sites (tertiary alicyclic amines) is 2. The molecular weight excluding hydrogens is 725 g/mol. The maximum absolute atomic E-state index is 15.9. The van der Waals surface area contributed by atoms with Gasteiger partial charge in [-0.25, -0.2) is 36.2 Å². The van der Waals surface area contributed by atoms with Gasteiger partial charge in [-0.05, 0) is 63.3 Å². The lowest BCUT2D eigenvalue weighted by Gasteiger charge is -2.57. The van der Waals surface area contributed by atoms with E-state index in [1.807, 2.05) is 15.9 Å². The summed E-state index contributed by atoms with van der Waals surface area (Å²) in [5.41, 5.74) is 1.80. The summed E-state index contributed by atoms with van der Waals surface area (Å²) in [6.07, 6.45) is 2.70. The lowest BCUT2D eigenvalue weighted by Crippen LogP contribution is -2.70. The van der Waals surface area contributed by atoms with E-state index < -0.39 is 53.3 Å². The van der Waals surface area contributed by atoms with Gasteiger partial charge in [0.2, 0.25) is 0 Å². The van der Waals surface area contributed by atoms with E-state index in [-0.39, 0.29) is 56.8 Å². The summed E-state index contributed by atoms with van der Waals surface area (Å²) < 4.78 is 81.2. The third kappa shape index (κ3) is 6.49. The smallest absolute Gasteiger partial charge is 0.410 e. The summed E-state index contributed by atoms with van der Waals surface area (Å²) in [6.45, 7) is 5.51. The second-order valence-corrected chi connectivity index (χ2v) is 16.0. The number of benzene rings is 1. The maximum atomic E-state index is 15.9. The average Bonchev–Trinajstić information content (AvgIpc) is 3.74. The molecule has 8 rings (SSSR count). The van der Waals surface area contributed by atoms with Crippen LogP contribution in [0.4, 0.5) is 43.9 Å². The number of anilines is 3. The van der Waals surface area contributed by atoms with Crippen LogP contribution in [0.15, 0.2) is 42.7 Å². The molecule has 1 atom stereocenters. The molecule has 3 aromatic heterocycles. The van der Waals surface area contributed by atoms with Gasteiger partial charge in [-0.1, -0.05) is 12.1 Å². The number of alkyl halides is 4. The Kier molecular flexibility index (Phi) is 8.73. The number of imidazole rings is 1. The fourth-order valence-electron chi connectivity index (χ4n) is 8.07. The van der Waals surface area contributed by atoms with Crippen LogP contribution in [0.25, 0.3) is 16.9 Å². The minimum atomic E-state index is -3.10. The second kappa shape index (κ2) is 13.0. The molecule has 1 aromatic carbocycles. The normalized spacial score (nSPS) is 21.2. The first-order valence-electron chi connectivity index (χ1n) is 18.4. The highest BCUT2D eigenvalue weighted by Crippen LogP contribution is 2.51. The Morgan fingerprint density at radius 1 is 1.02 bits per heavy atom. The average molecular weight is 768 g/mol. The van der Waals surface area contributed by atoms with Crippen LogP contribution in [0.2, 0.25) is 0 Å². The standard InChI is InChI=1S/C38H42F5N9O3/c1-35(2,3)55-34(54)50-13-11-36(38(42,43)21-50)19-49(20-36)18-22-14-25(39)31(45-16-22)24-6-5-7-27-23(24)9-12-51(27)30-15-26(44-4)32-46-17-28(52(32)48-30)33(53)47-29-8-10-37(29,40)41/h5-7,14-17,29,44H,8-13,18-21H2,1-4H3,(H,47,53)/t29-/m1/s1. The molecule has 0 radical (unpaired) electrons. The van der Waals surface area contributed by atoms with E-state index in [1.165, 1.54) is 16.8 Å². The van der Waals surface area contributed by atoms with Crippen LogP contribution in [0, 0.1) is 11.2 Å². The Balaban J connectivity index is 0.973. The quantitative estimate of drug-likeness (QED) is 0.210. The van der Waals surface area contributed by atoms with Crippen LogP contribution in [-0.2, 0) is 17.7 Å². The summed E-state index contributed by atoms with van der Waals surface area (Å²) in [6, 6.07) is 7.39. The number of hydrogen-bond acceptors (Lipinski definition) is 9. The predicted octanol–water partition coefficient (Wildman–Crippen LogP) is 6.27. The summed E-state index contributed by atoms with van der Waals surface area (Å²) in [7, 11) is 1.70. The van der Waals surface area contributed by atoms with E-state index >= 15 is 13.2 Å². The number of pyridine rings is 1. The van der Waals surface area contributed by atoms with E-state index in [4.69, 9.17) is 9.84 Å². The van der Waals surface area contributed by atoms with Crippen molar-refractivity contribution in [3.63, 3.8) is 0 Å². The van der Waals surface area contributed by atoms with Crippen molar-refractivity contribution in [3.05, 3.63) is 65.4 Å². The Bertz CT molecular complexity index is 2180. The Morgan fingerprint density at radius 3 is 2.45 bits per heavy atom. The number of amides is 2. The summed E-state index contributed by atoms with van der Waals surface area (Å²) >= 11 is 0. The van der Waals surface area contributed by atoms with Gasteiger partial charge in [-0.2, -0.15) is 0 Å². The molecule has 2 N–H and O–H groups in total. The number of carbonyl (C=O) groups excluding carboxylic acids is 2. The molecule has 0 bridgehead atoms. The van der Waals surface area contributed by atoms with Crippen LogP contribution in [0.1, 0.15) is 61.6 Å². The van der Waals surface area contributed by atoms with E-state index in [1.54, 1.807) is 52.2 Å². The number of nitrogens with zero attached hydrogens (tertiary/aromatic N) is 7. The maximum Gasteiger partial charge on any atom is 0.410 e. The van der Waals surface area contributed by atoms with Crippen molar-refractivity contribution in [2.24, 2.45) is 5.41 Å². The van der Waals surface area contributed by atoms with Gasteiger partial charge in [0.25, 0.3) is 17.8 Å². The molecule has 4 aliphatic rings. The molecule has 6 heterocycles. The topological polar surface area (TPSA) is 120 Å². The van der Waals surface area contributed by atoms with Crippen LogP contribution < -0.4 is 15.5 Å². The Hall–Kier alpha value is -5.06. The third-order valence-electron chi connectivity index (χ3n) is 11.1. The summed E-state index contributed by atoms with van der Waals surface area (Å²) in [5.74, 6) is -6.84. The highest BCUT2D eigenvalue weighted by atomic mass is 19.3. The first kappa shape index (κ1) is 36.9. The summed E-state index contributed by atoms with van der Waals surface area (Å²) in [4.78, 5) is 39.2. The van der Waals surface area contributed by atoms with Crippen molar-refractivity contribution in [2.75, 3.05) is 50.0 Å². The number of rotatable bonds is 7. The molecule has 2 saturated heterocycles. The number of halogens is 5. The summed E-state index contributed by atoms with van der Waals surface area (Å²) in [5, 5.41) is 10.2. The van der Waals surface area contributed by atoms with Gasteiger partial charge in [-0.15, -0.1) is 5.10 Å². The molecule has 292 valence electrons. The zero-order valence-corrected chi connectivity index (χ0v) is 30.9. The molecule has 3 fully saturated rings. The van der Waals surface area contributed by atoms with Gasteiger partial charge in [0.1, 0.15) is 17.1 Å². The predicted molar refractivity (Wildman–Crippen MR) is 193 cm³/mol. The monoisotopic (exact) mass is 767 g/mol. The molecule has 1 aliphatic carbocycles. The molecule has 3 aliphatic heterocycles. The van der Waals surface area contributed by atoms with Crippen molar-refractivity contribution in [1.29, 1.82) is 0 Å². The van der Waals surface area contributed by atoms with Crippen LogP contribution in [0.3, 0.4) is 0 Å². The minimum Gasteiger partial charge on any atom is -0.444 e. The molecule has 1 spiro atoms. The molecule has 12 nitrogen and oxygen atoms in total. The molecule has 1 saturated carbocycles. The number of hydrogen-bond donors (Lipinski definition) is 2.